The van der Waals surface area contributed by atoms with Crippen LogP contribution < -0.4 is 10.0 Å². The summed E-state index contributed by atoms with van der Waals surface area (Å²) in [5, 5.41) is 3.30. The molecule has 1 aliphatic carbocycles. The van der Waals surface area contributed by atoms with Crippen LogP contribution in [-0.4, -0.2) is 29.4 Å². The Bertz CT molecular complexity index is 699. The molecule has 2 aromatic rings. The van der Waals surface area contributed by atoms with Gasteiger partial charge in [0.25, 0.3) is 10.0 Å². The fraction of sp³-hybridized carbons (Fsp3) is 0.308. The van der Waals surface area contributed by atoms with Crippen LogP contribution in [-0.2, 0) is 16.6 Å². The summed E-state index contributed by atoms with van der Waals surface area (Å²) in [6, 6.07) is 5.45. The van der Waals surface area contributed by atoms with Gasteiger partial charge in [0.2, 0.25) is 5.95 Å². The monoisotopic (exact) mass is 305 g/mol. The van der Waals surface area contributed by atoms with Gasteiger partial charge in [-0.15, -0.1) is 0 Å². The molecule has 110 valence electrons. The molecule has 8 heteroatoms. The number of hydrogen-bond donors (Lipinski definition) is 2. The highest BCUT2D eigenvalue weighted by atomic mass is 32.2. The molecule has 0 aliphatic heterocycles. The largest absolute Gasteiger partial charge is 0.310 e. The number of nitrogens with zero attached hydrogens (tertiary/aromatic N) is 3. The molecule has 2 heterocycles. The Kier molecular flexibility index (Phi) is 3.80. The van der Waals surface area contributed by atoms with E-state index in [0.717, 1.165) is 5.56 Å². The van der Waals surface area contributed by atoms with E-state index in [9.17, 15) is 8.42 Å². The van der Waals surface area contributed by atoms with E-state index in [4.69, 9.17) is 0 Å². The number of nitrogens with one attached hydrogen (secondary N) is 2. The molecule has 2 N–H and O–H groups in total. The lowest BCUT2D eigenvalue weighted by molar-refractivity contribution is 0.596. The molecule has 1 saturated carbocycles. The molecule has 7 nitrogen and oxygen atoms in total. The zero-order valence-electron chi connectivity index (χ0n) is 11.2. The minimum Gasteiger partial charge on any atom is -0.310 e. The first kappa shape index (κ1) is 13.9. The van der Waals surface area contributed by atoms with Crippen LogP contribution in [0, 0.1) is 0 Å². The van der Waals surface area contributed by atoms with Crippen molar-refractivity contribution in [2.75, 3.05) is 4.72 Å². The van der Waals surface area contributed by atoms with Gasteiger partial charge in [0.15, 0.2) is 5.03 Å². The van der Waals surface area contributed by atoms with Crippen molar-refractivity contribution in [1.29, 1.82) is 0 Å². The quantitative estimate of drug-likeness (QED) is 0.824. The molecular weight excluding hydrogens is 290 g/mol. The van der Waals surface area contributed by atoms with Gasteiger partial charge in [-0.25, -0.2) is 19.7 Å². The van der Waals surface area contributed by atoms with Gasteiger partial charge in [0.1, 0.15) is 0 Å². The first-order valence-electron chi connectivity index (χ1n) is 6.62. The fourth-order valence-electron chi connectivity index (χ4n) is 1.75. The summed E-state index contributed by atoms with van der Waals surface area (Å²) >= 11 is 0. The second-order valence-corrected chi connectivity index (χ2v) is 6.47. The van der Waals surface area contributed by atoms with Gasteiger partial charge in [0.05, 0.1) is 0 Å². The third-order valence-electron chi connectivity index (χ3n) is 3.04. The summed E-state index contributed by atoms with van der Waals surface area (Å²) in [4.78, 5) is 11.6. The molecule has 0 unspecified atom stereocenters. The lowest BCUT2D eigenvalue weighted by Crippen LogP contribution is -2.18. The number of aromatic nitrogens is 3. The summed E-state index contributed by atoms with van der Waals surface area (Å²) < 4.78 is 26.5. The molecule has 0 atom stereocenters. The van der Waals surface area contributed by atoms with E-state index in [-0.39, 0.29) is 11.0 Å². The van der Waals surface area contributed by atoms with E-state index in [1.54, 1.807) is 18.3 Å². The number of sulfonamides is 1. The Hall–Kier alpha value is -2.06. The molecule has 0 aromatic carbocycles. The lowest BCUT2D eigenvalue weighted by Gasteiger charge is -2.07. The van der Waals surface area contributed by atoms with Crippen LogP contribution in [0.1, 0.15) is 18.4 Å². The smallest absolute Gasteiger partial charge is 0.281 e. The maximum Gasteiger partial charge on any atom is 0.281 e. The van der Waals surface area contributed by atoms with Gasteiger partial charge >= 0.3 is 0 Å². The summed E-state index contributed by atoms with van der Waals surface area (Å²) in [6.07, 6.45) is 6.91. The summed E-state index contributed by atoms with van der Waals surface area (Å²) in [5.41, 5.74) is 0.955. The van der Waals surface area contributed by atoms with Crippen molar-refractivity contribution < 1.29 is 8.42 Å². The molecule has 0 bridgehead atoms. The van der Waals surface area contributed by atoms with Crippen LogP contribution >= 0.6 is 0 Å². The van der Waals surface area contributed by atoms with Crippen molar-refractivity contribution >= 4 is 16.0 Å². The number of anilines is 1. The van der Waals surface area contributed by atoms with E-state index >= 15 is 0 Å². The maximum absolute atomic E-state index is 12.1. The standard InChI is InChI=1S/C13H15N5O2S/c19-21(20,18-13-14-6-1-7-15-13)12-5-2-10(9-17-12)8-16-11-3-4-11/h1-2,5-7,9,11,16H,3-4,8H2,(H,14,15,18). The minimum atomic E-state index is -3.76. The van der Waals surface area contributed by atoms with Gasteiger partial charge < -0.3 is 5.32 Å². The minimum absolute atomic E-state index is 0.0266. The number of rotatable bonds is 6. The Balaban J connectivity index is 1.69. The normalized spacial score (nSPS) is 14.9. The second-order valence-electron chi connectivity index (χ2n) is 4.84. The van der Waals surface area contributed by atoms with Crippen LogP contribution in [0.2, 0.25) is 0 Å². The second kappa shape index (κ2) is 5.74. The van der Waals surface area contributed by atoms with E-state index in [1.165, 1.54) is 31.3 Å². The van der Waals surface area contributed by atoms with E-state index in [0.29, 0.717) is 12.6 Å². The summed E-state index contributed by atoms with van der Waals surface area (Å²) in [6.45, 7) is 0.702. The zero-order chi connectivity index (χ0) is 14.7. The van der Waals surface area contributed by atoms with Crippen molar-refractivity contribution in [2.24, 2.45) is 0 Å². The molecule has 0 amide bonds. The first-order chi connectivity index (χ1) is 10.1. The van der Waals surface area contributed by atoms with Crippen LogP contribution in [0.3, 0.4) is 0 Å². The molecule has 3 rings (SSSR count). The summed E-state index contributed by atoms with van der Waals surface area (Å²) in [7, 11) is -3.76. The van der Waals surface area contributed by atoms with Crippen LogP contribution in [0.5, 0.6) is 0 Å². The highest BCUT2D eigenvalue weighted by Crippen LogP contribution is 2.19. The van der Waals surface area contributed by atoms with Crippen molar-refractivity contribution in [3.63, 3.8) is 0 Å². The first-order valence-corrected chi connectivity index (χ1v) is 8.10. The Morgan fingerprint density at radius 3 is 2.52 bits per heavy atom. The average molecular weight is 305 g/mol. The summed E-state index contributed by atoms with van der Waals surface area (Å²) in [5.74, 6) is 0.0266. The SMILES string of the molecule is O=S(=O)(Nc1ncccn1)c1ccc(CNC2CC2)cn1. The van der Waals surface area contributed by atoms with Gasteiger partial charge in [-0.05, 0) is 30.5 Å². The number of hydrogen-bond acceptors (Lipinski definition) is 6. The predicted octanol–water partition coefficient (Wildman–Crippen LogP) is 0.924. The van der Waals surface area contributed by atoms with E-state index in [1.807, 2.05) is 0 Å². The van der Waals surface area contributed by atoms with Crippen molar-refractivity contribution in [2.45, 2.75) is 30.5 Å². The van der Waals surface area contributed by atoms with Gasteiger partial charge in [-0.3, -0.25) is 0 Å². The van der Waals surface area contributed by atoms with Gasteiger partial charge in [-0.2, -0.15) is 8.42 Å². The molecule has 2 aromatic heterocycles. The molecule has 1 aliphatic rings. The molecule has 21 heavy (non-hydrogen) atoms. The van der Waals surface area contributed by atoms with E-state index in [2.05, 4.69) is 25.0 Å². The molecule has 1 fully saturated rings. The van der Waals surface area contributed by atoms with Gasteiger partial charge in [-0.1, -0.05) is 6.07 Å². The Labute approximate surface area is 122 Å². The maximum atomic E-state index is 12.1. The third-order valence-corrected chi connectivity index (χ3v) is 4.28. The third kappa shape index (κ3) is 3.73. The molecule has 0 spiro atoms. The lowest BCUT2D eigenvalue weighted by atomic mass is 10.3. The number of pyridine rings is 1. The van der Waals surface area contributed by atoms with Crippen molar-refractivity contribution in [3.05, 3.63) is 42.4 Å². The highest BCUT2D eigenvalue weighted by Gasteiger charge is 2.20. The molecular formula is C13H15N5O2S. The van der Waals surface area contributed by atoms with Crippen molar-refractivity contribution in [1.82, 2.24) is 20.3 Å². The average Bonchev–Trinajstić information content (AvgIpc) is 3.30. The molecule has 0 radical (unpaired) electrons. The zero-order valence-corrected chi connectivity index (χ0v) is 12.0. The van der Waals surface area contributed by atoms with E-state index < -0.39 is 10.0 Å². The predicted molar refractivity (Wildman–Crippen MR) is 76.9 cm³/mol. The van der Waals surface area contributed by atoms with Crippen LogP contribution in [0.25, 0.3) is 0 Å². The van der Waals surface area contributed by atoms with Crippen LogP contribution in [0.4, 0.5) is 5.95 Å². The Morgan fingerprint density at radius 2 is 1.90 bits per heavy atom. The van der Waals surface area contributed by atoms with Gasteiger partial charge in [0, 0.05) is 31.2 Å². The van der Waals surface area contributed by atoms with Crippen molar-refractivity contribution in [3.8, 4) is 0 Å². The van der Waals surface area contributed by atoms with Crippen LogP contribution in [0.15, 0.2) is 41.8 Å². The highest BCUT2D eigenvalue weighted by molar-refractivity contribution is 7.92. The topological polar surface area (TPSA) is 96.9 Å². The molecule has 0 saturated heterocycles. The fourth-order valence-corrected chi connectivity index (χ4v) is 2.64. The Morgan fingerprint density at radius 1 is 1.14 bits per heavy atom.